The Balaban J connectivity index is 1.34. The van der Waals surface area contributed by atoms with Crippen LogP contribution in [0.2, 0.25) is 5.02 Å². The standard InChI is InChI=1S/C28H37ClN2O3/c1-2-3-4-5-6-7-8-27(32)24-11-15-26(16-12-24)34-22-28(33)31-19-17-30(18-20-31)21-23-9-13-25(29)14-10-23/h9-16H,2-8,17-22H2,1H3. The largest absolute Gasteiger partial charge is 0.484 e. The predicted molar refractivity (Wildman–Crippen MR) is 138 cm³/mol. The molecule has 0 spiro atoms. The third-order valence-electron chi connectivity index (χ3n) is 6.34. The molecule has 1 aliphatic heterocycles. The van der Waals surface area contributed by atoms with Gasteiger partial charge in [0.15, 0.2) is 12.4 Å². The fraction of sp³-hybridized carbons (Fsp3) is 0.500. The first-order valence-corrected chi connectivity index (χ1v) is 12.9. The van der Waals surface area contributed by atoms with Crippen molar-refractivity contribution in [3.63, 3.8) is 0 Å². The van der Waals surface area contributed by atoms with Gasteiger partial charge in [-0.15, -0.1) is 0 Å². The molecule has 3 rings (SSSR count). The van der Waals surface area contributed by atoms with Crippen LogP contribution in [-0.2, 0) is 11.3 Å². The average Bonchev–Trinajstić information content (AvgIpc) is 2.86. The first-order chi connectivity index (χ1) is 16.5. The highest BCUT2D eigenvalue weighted by Gasteiger charge is 2.21. The van der Waals surface area contributed by atoms with Gasteiger partial charge in [0.05, 0.1) is 0 Å². The van der Waals surface area contributed by atoms with Crippen molar-refractivity contribution in [3.8, 4) is 5.75 Å². The molecule has 0 aromatic heterocycles. The summed E-state index contributed by atoms with van der Waals surface area (Å²) in [6.07, 6.45) is 7.63. The molecule has 0 saturated carbocycles. The van der Waals surface area contributed by atoms with Crippen molar-refractivity contribution < 1.29 is 14.3 Å². The monoisotopic (exact) mass is 484 g/mol. The lowest BCUT2D eigenvalue weighted by atomic mass is 10.0. The highest BCUT2D eigenvalue weighted by molar-refractivity contribution is 6.30. The number of nitrogens with zero attached hydrogens (tertiary/aromatic N) is 2. The van der Waals surface area contributed by atoms with Gasteiger partial charge in [-0.2, -0.15) is 0 Å². The molecule has 0 aliphatic carbocycles. The van der Waals surface area contributed by atoms with E-state index in [1.165, 1.54) is 31.2 Å². The van der Waals surface area contributed by atoms with E-state index >= 15 is 0 Å². The van der Waals surface area contributed by atoms with Crippen LogP contribution in [0.4, 0.5) is 0 Å². The SMILES string of the molecule is CCCCCCCCC(=O)c1ccc(OCC(=O)N2CCN(Cc3ccc(Cl)cc3)CC2)cc1. The summed E-state index contributed by atoms with van der Waals surface area (Å²) in [5.41, 5.74) is 1.94. The zero-order valence-electron chi connectivity index (χ0n) is 20.3. The maximum atomic E-state index is 12.6. The van der Waals surface area contributed by atoms with Crippen LogP contribution in [0.25, 0.3) is 0 Å². The second-order valence-electron chi connectivity index (χ2n) is 9.04. The number of hydrogen-bond acceptors (Lipinski definition) is 4. The number of rotatable bonds is 13. The molecule has 0 N–H and O–H groups in total. The lowest BCUT2D eigenvalue weighted by Gasteiger charge is -2.34. The average molecular weight is 485 g/mol. The maximum absolute atomic E-state index is 12.6. The number of hydrogen-bond donors (Lipinski definition) is 0. The fourth-order valence-corrected chi connectivity index (χ4v) is 4.31. The highest BCUT2D eigenvalue weighted by Crippen LogP contribution is 2.17. The van der Waals surface area contributed by atoms with Crippen molar-refractivity contribution in [1.29, 1.82) is 0 Å². The first-order valence-electron chi connectivity index (χ1n) is 12.6. The molecule has 1 fully saturated rings. The zero-order valence-corrected chi connectivity index (χ0v) is 21.1. The number of benzene rings is 2. The minimum Gasteiger partial charge on any atom is -0.484 e. The summed E-state index contributed by atoms with van der Waals surface area (Å²) in [6.45, 7) is 6.15. The first kappa shape index (κ1) is 26.2. The van der Waals surface area contributed by atoms with E-state index in [-0.39, 0.29) is 18.3 Å². The van der Waals surface area contributed by atoms with E-state index in [9.17, 15) is 9.59 Å². The van der Waals surface area contributed by atoms with Gasteiger partial charge in [-0.3, -0.25) is 14.5 Å². The molecule has 0 atom stereocenters. The second kappa shape index (κ2) is 14.1. The minimum atomic E-state index is -0.00521. The Labute approximate surface area is 209 Å². The highest BCUT2D eigenvalue weighted by atomic mass is 35.5. The predicted octanol–water partition coefficient (Wildman–Crippen LogP) is 6.00. The Morgan fingerprint density at radius 3 is 2.18 bits per heavy atom. The topological polar surface area (TPSA) is 49.9 Å². The summed E-state index contributed by atoms with van der Waals surface area (Å²) < 4.78 is 5.70. The van der Waals surface area contributed by atoms with Crippen molar-refractivity contribution in [2.45, 2.75) is 58.4 Å². The van der Waals surface area contributed by atoms with Crippen molar-refractivity contribution in [2.24, 2.45) is 0 Å². The molecule has 0 unspecified atom stereocenters. The normalized spacial score (nSPS) is 14.2. The van der Waals surface area contributed by atoms with Crippen LogP contribution >= 0.6 is 11.6 Å². The summed E-state index contributed by atoms with van der Waals surface area (Å²) >= 11 is 5.96. The smallest absolute Gasteiger partial charge is 0.260 e. The zero-order chi connectivity index (χ0) is 24.2. The Kier molecular flexibility index (Phi) is 10.9. The van der Waals surface area contributed by atoms with Crippen LogP contribution < -0.4 is 4.74 Å². The molecule has 1 saturated heterocycles. The van der Waals surface area contributed by atoms with Crippen LogP contribution in [-0.4, -0.2) is 54.3 Å². The number of piperazine rings is 1. The molecule has 34 heavy (non-hydrogen) atoms. The van der Waals surface area contributed by atoms with Gasteiger partial charge in [-0.25, -0.2) is 0 Å². The molecular weight excluding hydrogens is 448 g/mol. The molecule has 184 valence electrons. The molecular formula is C28H37ClN2O3. The number of ether oxygens (including phenoxy) is 1. The summed E-state index contributed by atoms with van der Waals surface area (Å²) in [6, 6.07) is 15.1. The van der Waals surface area contributed by atoms with Gasteiger partial charge in [0.25, 0.3) is 5.91 Å². The number of unbranched alkanes of at least 4 members (excludes halogenated alkanes) is 5. The molecule has 2 aromatic rings. The van der Waals surface area contributed by atoms with E-state index in [0.29, 0.717) is 30.8 Å². The van der Waals surface area contributed by atoms with E-state index in [1.54, 1.807) is 24.3 Å². The quantitative estimate of drug-likeness (QED) is 0.258. The van der Waals surface area contributed by atoms with E-state index in [4.69, 9.17) is 16.3 Å². The Hall–Kier alpha value is -2.37. The summed E-state index contributed by atoms with van der Waals surface area (Å²) in [5.74, 6) is 0.787. The molecule has 5 nitrogen and oxygen atoms in total. The number of carbonyl (C=O) groups is 2. The molecule has 2 aromatic carbocycles. The number of halogens is 1. The summed E-state index contributed by atoms with van der Waals surface area (Å²) in [7, 11) is 0. The second-order valence-corrected chi connectivity index (χ2v) is 9.47. The van der Waals surface area contributed by atoms with Crippen molar-refractivity contribution >= 4 is 23.3 Å². The van der Waals surface area contributed by atoms with Gasteiger partial charge in [0, 0.05) is 49.7 Å². The number of ketones is 1. The van der Waals surface area contributed by atoms with Gasteiger partial charge >= 0.3 is 0 Å². The van der Waals surface area contributed by atoms with Gasteiger partial charge in [-0.05, 0) is 48.4 Å². The third-order valence-corrected chi connectivity index (χ3v) is 6.59. The van der Waals surface area contributed by atoms with Gasteiger partial charge < -0.3 is 9.64 Å². The van der Waals surface area contributed by atoms with Crippen molar-refractivity contribution in [3.05, 3.63) is 64.7 Å². The van der Waals surface area contributed by atoms with E-state index < -0.39 is 0 Å². The molecule has 1 aliphatic rings. The number of amides is 1. The maximum Gasteiger partial charge on any atom is 0.260 e. The number of Topliss-reactive ketones (excluding diaryl/α,β-unsaturated/α-hetero) is 1. The Morgan fingerprint density at radius 2 is 1.50 bits per heavy atom. The fourth-order valence-electron chi connectivity index (χ4n) is 4.19. The lowest BCUT2D eigenvalue weighted by Crippen LogP contribution is -2.49. The summed E-state index contributed by atoms with van der Waals surface area (Å²) in [5, 5.41) is 0.744. The molecule has 0 bridgehead atoms. The van der Waals surface area contributed by atoms with Crippen LogP contribution in [0, 0.1) is 0 Å². The van der Waals surface area contributed by atoms with Gasteiger partial charge in [0.1, 0.15) is 5.75 Å². The van der Waals surface area contributed by atoms with Crippen LogP contribution in [0.5, 0.6) is 5.75 Å². The van der Waals surface area contributed by atoms with E-state index in [2.05, 4.69) is 11.8 Å². The summed E-state index contributed by atoms with van der Waals surface area (Å²) in [4.78, 5) is 29.1. The Bertz CT molecular complexity index is 891. The number of carbonyl (C=O) groups excluding carboxylic acids is 2. The van der Waals surface area contributed by atoms with Gasteiger partial charge in [-0.1, -0.05) is 62.8 Å². The van der Waals surface area contributed by atoms with Crippen molar-refractivity contribution in [2.75, 3.05) is 32.8 Å². The van der Waals surface area contributed by atoms with E-state index in [0.717, 1.165) is 37.5 Å². The minimum absolute atomic E-state index is 0.00521. The van der Waals surface area contributed by atoms with Crippen molar-refractivity contribution in [1.82, 2.24) is 9.80 Å². The van der Waals surface area contributed by atoms with Crippen LogP contribution in [0.3, 0.4) is 0 Å². The van der Waals surface area contributed by atoms with Crippen LogP contribution in [0.15, 0.2) is 48.5 Å². The molecule has 6 heteroatoms. The van der Waals surface area contributed by atoms with Gasteiger partial charge in [0.2, 0.25) is 0 Å². The third kappa shape index (κ3) is 8.77. The lowest BCUT2D eigenvalue weighted by molar-refractivity contribution is -0.135. The molecule has 1 heterocycles. The molecule has 0 radical (unpaired) electrons. The van der Waals surface area contributed by atoms with Crippen LogP contribution in [0.1, 0.15) is 67.8 Å². The Morgan fingerprint density at radius 1 is 0.853 bits per heavy atom. The molecule has 1 amide bonds. The van der Waals surface area contributed by atoms with E-state index in [1.807, 2.05) is 29.2 Å².